The largest absolute Gasteiger partial charge is 0.508 e. The molecule has 1 fully saturated rings. The molecule has 3 aromatic rings. The number of phenols is 1. The molecule has 1 unspecified atom stereocenters. The zero-order valence-corrected chi connectivity index (χ0v) is 19.0. The van der Waals surface area contributed by atoms with Crippen LogP contribution in [0.4, 0.5) is 0 Å². The van der Waals surface area contributed by atoms with Crippen LogP contribution in [0.5, 0.6) is 5.75 Å². The van der Waals surface area contributed by atoms with Gasteiger partial charge in [0.05, 0.1) is 6.54 Å². The van der Waals surface area contributed by atoms with Crippen LogP contribution < -0.4 is 0 Å². The van der Waals surface area contributed by atoms with Crippen LogP contribution in [0.25, 0.3) is 10.1 Å². The van der Waals surface area contributed by atoms with Crippen LogP contribution >= 0.6 is 22.9 Å². The van der Waals surface area contributed by atoms with Crippen LogP contribution in [0, 0.1) is 0 Å². The van der Waals surface area contributed by atoms with Crippen molar-refractivity contribution >= 4 is 49.0 Å². The average molecular weight is 477 g/mol. The molecular formula is C22H21ClN2O4S2. The Balaban J connectivity index is 1.52. The molecule has 0 spiro atoms. The van der Waals surface area contributed by atoms with E-state index in [-0.39, 0.29) is 31.3 Å². The van der Waals surface area contributed by atoms with E-state index in [1.54, 1.807) is 29.2 Å². The number of amides is 1. The summed E-state index contributed by atoms with van der Waals surface area (Å²) >= 11 is 7.41. The molecule has 162 valence electrons. The zero-order chi connectivity index (χ0) is 22.2. The highest BCUT2D eigenvalue weighted by Gasteiger charge is 2.37. The highest BCUT2D eigenvalue weighted by molar-refractivity contribution is 7.89. The first-order valence-corrected chi connectivity index (χ1v) is 12.3. The molecule has 9 heteroatoms. The number of nitrogens with zero attached hydrogens (tertiary/aromatic N) is 2. The SMILES string of the molecule is C=CC(c1cc2ccc(Cl)cc2s1)S(=O)(=O)N1CCN(Cc2cccc(O)c2)C(=O)C1. The summed E-state index contributed by atoms with van der Waals surface area (Å²) in [5.74, 6) is -0.145. The van der Waals surface area contributed by atoms with E-state index in [1.807, 2.05) is 24.3 Å². The molecule has 2 aromatic carbocycles. The maximum Gasteiger partial charge on any atom is 0.238 e. The number of fused-ring (bicyclic) bond motifs is 1. The van der Waals surface area contributed by atoms with Crippen molar-refractivity contribution in [2.75, 3.05) is 19.6 Å². The summed E-state index contributed by atoms with van der Waals surface area (Å²) in [5.41, 5.74) is 0.789. The Kier molecular flexibility index (Phi) is 6.07. The van der Waals surface area contributed by atoms with Crippen molar-refractivity contribution in [1.29, 1.82) is 0 Å². The molecule has 0 radical (unpaired) electrons. The Bertz CT molecular complexity index is 1260. The molecule has 0 aliphatic carbocycles. The monoisotopic (exact) mass is 476 g/mol. The van der Waals surface area contributed by atoms with Crippen molar-refractivity contribution in [2.45, 2.75) is 11.8 Å². The second kappa shape index (κ2) is 8.63. The number of sulfonamides is 1. The lowest BCUT2D eigenvalue weighted by molar-refractivity contribution is -0.134. The molecule has 1 aromatic heterocycles. The van der Waals surface area contributed by atoms with E-state index in [0.717, 1.165) is 15.6 Å². The second-order valence-corrected chi connectivity index (χ2v) is 11.0. The molecule has 1 saturated heterocycles. The van der Waals surface area contributed by atoms with Gasteiger partial charge in [0.2, 0.25) is 15.9 Å². The number of hydrogen-bond acceptors (Lipinski definition) is 5. The Morgan fingerprint density at radius 2 is 2.00 bits per heavy atom. The smallest absolute Gasteiger partial charge is 0.238 e. The van der Waals surface area contributed by atoms with Gasteiger partial charge in [-0.2, -0.15) is 4.31 Å². The van der Waals surface area contributed by atoms with Gasteiger partial charge >= 0.3 is 0 Å². The Morgan fingerprint density at radius 1 is 1.19 bits per heavy atom. The van der Waals surface area contributed by atoms with Gasteiger partial charge in [-0.25, -0.2) is 8.42 Å². The standard InChI is InChI=1S/C22H21ClN2O4S2/c1-2-21(20-11-16-6-7-17(23)12-19(16)30-20)31(28,29)25-9-8-24(22(27)14-25)13-15-4-3-5-18(26)10-15/h2-7,10-12,21,26H,1,8-9,13-14H2. The number of phenolic OH excluding ortho intramolecular Hbond substituents is 1. The fourth-order valence-electron chi connectivity index (χ4n) is 3.66. The van der Waals surface area contributed by atoms with Crippen molar-refractivity contribution in [3.8, 4) is 5.75 Å². The maximum absolute atomic E-state index is 13.3. The topological polar surface area (TPSA) is 77.9 Å². The van der Waals surface area contributed by atoms with Gasteiger partial charge < -0.3 is 10.0 Å². The Labute approximate surface area is 190 Å². The van der Waals surface area contributed by atoms with Crippen LogP contribution in [0.2, 0.25) is 5.02 Å². The number of thiophene rings is 1. The molecule has 1 aliphatic rings. The number of piperazine rings is 1. The van der Waals surface area contributed by atoms with Crippen molar-refractivity contribution in [1.82, 2.24) is 9.21 Å². The van der Waals surface area contributed by atoms with E-state index in [0.29, 0.717) is 16.4 Å². The van der Waals surface area contributed by atoms with Crippen molar-refractivity contribution < 1.29 is 18.3 Å². The minimum atomic E-state index is -3.82. The normalized spacial score (nSPS) is 16.5. The number of carbonyl (C=O) groups is 1. The lowest BCUT2D eigenvalue weighted by Crippen LogP contribution is -2.52. The van der Waals surface area contributed by atoms with E-state index in [4.69, 9.17) is 11.6 Å². The van der Waals surface area contributed by atoms with Gasteiger partial charge in [0.15, 0.2) is 0 Å². The van der Waals surface area contributed by atoms with Crippen LogP contribution in [-0.4, -0.2) is 48.3 Å². The van der Waals surface area contributed by atoms with Crippen molar-refractivity contribution in [2.24, 2.45) is 0 Å². The molecule has 4 rings (SSSR count). The van der Waals surface area contributed by atoms with Crippen LogP contribution in [-0.2, 0) is 21.4 Å². The number of rotatable bonds is 6. The highest BCUT2D eigenvalue weighted by Crippen LogP contribution is 2.37. The van der Waals surface area contributed by atoms with Gasteiger partial charge in [0.25, 0.3) is 0 Å². The van der Waals surface area contributed by atoms with Crippen LogP contribution in [0.1, 0.15) is 15.7 Å². The Morgan fingerprint density at radius 3 is 2.71 bits per heavy atom. The van der Waals surface area contributed by atoms with E-state index < -0.39 is 15.3 Å². The molecule has 1 N–H and O–H groups in total. The Hall–Kier alpha value is -2.39. The lowest BCUT2D eigenvalue weighted by atomic mass is 10.2. The number of hydrogen-bond donors (Lipinski definition) is 1. The molecular weight excluding hydrogens is 456 g/mol. The fourth-order valence-corrected chi connectivity index (χ4v) is 7.04. The zero-order valence-electron chi connectivity index (χ0n) is 16.6. The van der Waals surface area contributed by atoms with Crippen molar-refractivity contribution in [3.05, 3.63) is 76.6 Å². The van der Waals surface area contributed by atoms with Crippen LogP contribution in [0.15, 0.2) is 61.2 Å². The molecule has 2 heterocycles. The molecule has 1 atom stereocenters. The highest BCUT2D eigenvalue weighted by atomic mass is 35.5. The minimum absolute atomic E-state index is 0.129. The predicted molar refractivity (Wildman–Crippen MR) is 124 cm³/mol. The number of benzene rings is 2. The van der Waals surface area contributed by atoms with E-state index >= 15 is 0 Å². The van der Waals surface area contributed by atoms with Gasteiger partial charge in [-0.15, -0.1) is 17.9 Å². The number of aromatic hydroxyl groups is 1. The maximum atomic E-state index is 13.3. The molecule has 1 aliphatic heterocycles. The van der Waals surface area contributed by atoms with E-state index in [1.165, 1.54) is 21.7 Å². The number of halogens is 1. The third-order valence-electron chi connectivity index (χ3n) is 5.24. The number of carbonyl (C=O) groups excluding carboxylic acids is 1. The second-order valence-electron chi connectivity index (χ2n) is 7.35. The van der Waals surface area contributed by atoms with Gasteiger partial charge in [0, 0.05) is 34.2 Å². The first-order chi connectivity index (χ1) is 14.8. The fraction of sp³-hybridized carbons (Fsp3) is 0.227. The molecule has 31 heavy (non-hydrogen) atoms. The summed E-state index contributed by atoms with van der Waals surface area (Å²) in [5, 5.41) is 10.2. The van der Waals surface area contributed by atoms with Crippen molar-refractivity contribution in [3.63, 3.8) is 0 Å². The third kappa shape index (κ3) is 4.48. The van der Waals surface area contributed by atoms with Gasteiger partial charge in [-0.3, -0.25) is 4.79 Å². The average Bonchev–Trinajstić information content (AvgIpc) is 3.12. The summed E-state index contributed by atoms with van der Waals surface area (Å²) in [6.07, 6.45) is 1.41. The summed E-state index contributed by atoms with van der Waals surface area (Å²) in [6, 6.07) is 13.9. The third-order valence-corrected chi connectivity index (χ3v) is 8.93. The van der Waals surface area contributed by atoms with E-state index in [2.05, 4.69) is 6.58 Å². The molecule has 0 bridgehead atoms. The lowest BCUT2D eigenvalue weighted by Gasteiger charge is -2.35. The molecule has 1 amide bonds. The molecule has 0 saturated carbocycles. The quantitative estimate of drug-likeness (QED) is 0.542. The predicted octanol–water partition coefficient (Wildman–Crippen LogP) is 4.16. The van der Waals surface area contributed by atoms with Gasteiger partial charge in [-0.1, -0.05) is 35.9 Å². The summed E-state index contributed by atoms with van der Waals surface area (Å²) in [6.45, 7) is 4.32. The van der Waals surface area contributed by atoms with Gasteiger partial charge in [-0.05, 0) is 41.3 Å². The summed E-state index contributed by atoms with van der Waals surface area (Å²) < 4.78 is 28.8. The van der Waals surface area contributed by atoms with Gasteiger partial charge in [0.1, 0.15) is 11.0 Å². The summed E-state index contributed by atoms with van der Waals surface area (Å²) in [4.78, 5) is 14.9. The summed E-state index contributed by atoms with van der Waals surface area (Å²) in [7, 11) is -3.82. The van der Waals surface area contributed by atoms with E-state index in [9.17, 15) is 18.3 Å². The first-order valence-electron chi connectivity index (χ1n) is 9.64. The first kappa shape index (κ1) is 21.8. The minimum Gasteiger partial charge on any atom is -0.508 e. The molecule has 6 nitrogen and oxygen atoms in total. The van der Waals surface area contributed by atoms with Crippen LogP contribution in [0.3, 0.4) is 0 Å².